The van der Waals surface area contributed by atoms with Gasteiger partial charge in [0.1, 0.15) is 6.04 Å². The summed E-state index contributed by atoms with van der Waals surface area (Å²) in [4.78, 5) is 27.9. The highest BCUT2D eigenvalue weighted by Crippen LogP contribution is 2.19. The summed E-state index contributed by atoms with van der Waals surface area (Å²) in [5.74, 6) is 0.515. The Bertz CT molecular complexity index is 855. The predicted octanol–water partition coefficient (Wildman–Crippen LogP) is 5.26. The lowest BCUT2D eigenvalue weighted by atomic mass is 10.00. The molecule has 1 aliphatic carbocycles. The topological polar surface area (TPSA) is 49.4 Å². The summed E-state index contributed by atoms with van der Waals surface area (Å²) in [6.45, 7) is 6.78. The van der Waals surface area contributed by atoms with Crippen LogP contribution in [0.2, 0.25) is 0 Å². The molecule has 32 heavy (non-hydrogen) atoms. The molecule has 4 nitrogen and oxygen atoms in total. The standard InChI is InChI=1S/C28H38N2O2/c1-21(2)25-16-13-24(14-17-25)15-18-27(31)30(20-19-23-9-5-4-6-10-23)22(3)28(32)29-26-11-7-8-12-26/h4-6,9-10,13-14,16-17,21-22,26H,7-8,11-12,15,18-20H2,1-3H3,(H,29,32)/t22-/m0/s1. The molecule has 0 spiro atoms. The first kappa shape index (κ1) is 24.0. The Kier molecular flexibility index (Phi) is 8.90. The lowest BCUT2D eigenvalue weighted by molar-refractivity contribution is -0.140. The number of benzene rings is 2. The number of carbonyl (C=O) groups is 2. The summed E-state index contributed by atoms with van der Waals surface area (Å²) in [5, 5.41) is 3.17. The van der Waals surface area contributed by atoms with Crippen molar-refractivity contribution in [2.75, 3.05) is 6.54 Å². The summed E-state index contributed by atoms with van der Waals surface area (Å²) >= 11 is 0. The van der Waals surface area contributed by atoms with E-state index in [4.69, 9.17) is 0 Å². The van der Waals surface area contributed by atoms with Gasteiger partial charge < -0.3 is 10.2 Å². The highest BCUT2D eigenvalue weighted by atomic mass is 16.2. The number of hydrogen-bond acceptors (Lipinski definition) is 2. The maximum absolute atomic E-state index is 13.2. The van der Waals surface area contributed by atoms with Crippen LogP contribution in [0.5, 0.6) is 0 Å². The quantitative estimate of drug-likeness (QED) is 0.554. The molecule has 4 heteroatoms. The number of carbonyl (C=O) groups excluding carboxylic acids is 2. The molecular weight excluding hydrogens is 396 g/mol. The Morgan fingerprint density at radius 2 is 1.53 bits per heavy atom. The SMILES string of the molecule is CC(C)c1ccc(CCC(=O)N(CCc2ccccc2)[C@@H](C)C(=O)NC2CCCC2)cc1. The predicted molar refractivity (Wildman–Crippen MR) is 131 cm³/mol. The molecule has 1 N–H and O–H groups in total. The molecule has 0 radical (unpaired) electrons. The first-order chi connectivity index (χ1) is 15.4. The van der Waals surface area contributed by atoms with Crippen molar-refractivity contribution in [2.45, 2.75) is 83.7 Å². The average molecular weight is 435 g/mol. The van der Waals surface area contributed by atoms with E-state index in [1.54, 1.807) is 4.90 Å². The average Bonchev–Trinajstić information content (AvgIpc) is 3.31. The number of nitrogens with one attached hydrogen (secondary N) is 1. The Morgan fingerprint density at radius 3 is 2.16 bits per heavy atom. The number of hydrogen-bond donors (Lipinski definition) is 1. The second kappa shape index (κ2) is 11.8. The van der Waals surface area contributed by atoms with Crippen LogP contribution in [0.4, 0.5) is 0 Å². The van der Waals surface area contributed by atoms with Gasteiger partial charge >= 0.3 is 0 Å². The fourth-order valence-corrected chi connectivity index (χ4v) is 4.43. The van der Waals surface area contributed by atoms with Crippen molar-refractivity contribution in [3.05, 3.63) is 71.3 Å². The van der Waals surface area contributed by atoms with E-state index in [-0.39, 0.29) is 17.9 Å². The largest absolute Gasteiger partial charge is 0.352 e. The van der Waals surface area contributed by atoms with Gasteiger partial charge in [0.2, 0.25) is 11.8 Å². The van der Waals surface area contributed by atoms with Crippen molar-refractivity contribution >= 4 is 11.8 Å². The van der Waals surface area contributed by atoms with Crippen molar-refractivity contribution in [1.82, 2.24) is 10.2 Å². The summed E-state index contributed by atoms with van der Waals surface area (Å²) in [5.41, 5.74) is 3.65. The molecule has 0 saturated heterocycles. The van der Waals surface area contributed by atoms with E-state index in [0.29, 0.717) is 25.3 Å². The maximum atomic E-state index is 13.2. The second-order valence-corrected chi connectivity index (χ2v) is 9.38. The molecular formula is C28H38N2O2. The van der Waals surface area contributed by atoms with Crippen LogP contribution in [-0.2, 0) is 22.4 Å². The maximum Gasteiger partial charge on any atom is 0.242 e. The molecule has 1 fully saturated rings. The van der Waals surface area contributed by atoms with Crippen LogP contribution in [0.1, 0.15) is 75.5 Å². The highest BCUT2D eigenvalue weighted by molar-refractivity contribution is 5.87. The third-order valence-electron chi connectivity index (χ3n) is 6.63. The number of aryl methyl sites for hydroxylation is 1. The summed E-state index contributed by atoms with van der Waals surface area (Å²) in [7, 11) is 0. The van der Waals surface area contributed by atoms with Gasteiger partial charge in [0, 0.05) is 19.0 Å². The molecule has 2 amide bonds. The number of nitrogens with zero attached hydrogens (tertiary/aromatic N) is 1. The minimum Gasteiger partial charge on any atom is -0.352 e. The Morgan fingerprint density at radius 1 is 0.906 bits per heavy atom. The van der Waals surface area contributed by atoms with E-state index in [1.165, 1.54) is 24.0 Å². The van der Waals surface area contributed by atoms with Gasteiger partial charge in [-0.05, 0) is 55.2 Å². The summed E-state index contributed by atoms with van der Waals surface area (Å²) in [6, 6.07) is 18.5. The van der Waals surface area contributed by atoms with Crippen molar-refractivity contribution in [2.24, 2.45) is 0 Å². The highest BCUT2D eigenvalue weighted by Gasteiger charge is 2.27. The molecule has 1 atom stereocenters. The van der Waals surface area contributed by atoms with E-state index in [1.807, 2.05) is 25.1 Å². The fraction of sp³-hybridized carbons (Fsp3) is 0.500. The molecule has 0 aliphatic heterocycles. The Balaban J connectivity index is 1.63. The van der Waals surface area contributed by atoms with Gasteiger partial charge in [-0.1, -0.05) is 81.3 Å². The van der Waals surface area contributed by atoms with Gasteiger partial charge in [-0.15, -0.1) is 0 Å². The number of rotatable bonds is 10. The lowest BCUT2D eigenvalue weighted by Gasteiger charge is -2.30. The van der Waals surface area contributed by atoms with E-state index in [0.717, 1.165) is 24.8 Å². The van der Waals surface area contributed by atoms with Crippen molar-refractivity contribution in [3.63, 3.8) is 0 Å². The first-order valence-electron chi connectivity index (χ1n) is 12.2. The Hall–Kier alpha value is -2.62. The molecule has 0 bridgehead atoms. The van der Waals surface area contributed by atoms with Gasteiger partial charge in [-0.3, -0.25) is 9.59 Å². The molecule has 0 unspecified atom stereocenters. The summed E-state index contributed by atoms with van der Waals surface area (Å²) < 4.78 is 0. The van der Waals surface area contributed by atoms with E-state index in [2.05, 4.69) is 55.6 Å². The molecule has 172 valence electrons. The third-order valence-corrected chi connectivity index (χ3v) is 6.63. The van der Waals surface area contributed by atoms with Crippen LogP contribution >= 0.6 is 0 Å². The normalized spacial score (nSPS) is 15.0. The van der Waals surface area contributed by atoms with Gasteiger partial charge in [-0.2, -0.15) is 0 Å². The number of amides is 2. The smallest absolute Gasteiger partial charge is 0.242 e. The fourth-order valence-electron chi connectivity index (χ4n) is 4.43. The molecule has 1 saturated carbocycles. The molecule has 3 rings (SSSR count). The van der Waals surface area contributed by atoms with Crippen LogP contribution in [0.3, 0.4) is 0 Å². The first-order valence-corrected chi connectivity index (χ1v) is 12.2. The minimum atomic E-state index is -0.463. The van der Waals surface area contributed by atoms with E-state index in [9.17, 15) is 9.59 Å². The van der Waals surface area contributed by atoms with Crippen LogP contribution in [-0.4, -0.2) is 35.3 Å². The molecule has 1 aliphatic rings. The zero-order chi connectivity index (χ0) is 22.9. The van der Waals surface area contributed by atoms with Gasteiger partial charge in [0.15, 0.2) is 0 Å². The summed E-state index contributed by atoms with van der Waals surface area (Å²) in [6.07, 6.45) is 6.28. The van der Waals surface area contributed by atoms with Crippen LogP contribution in [0.25, 0.3) is 0 Å². The van der Waals surface area contributed by atoms with Gasteiger partial charge in [-0.25, -0.2) is 0 Å². The van der Waals surface area contributed by atoms with Crippen LogP contribution in [0, 0.1) is 0 Å². The van der Waals surface area contributed by atoms with Gasteiger partial charge in [0.05, 0.1) is 0 Å². The van der Waals surface area contributed by atoms with Crippen molar-refractivity contribution < 1.29 is 9.59 Å². The van der Waals surface area contributed by atoms with Crippen LogP contribution in [0.15, 0.2) is 54.6 Å². The molecule has 2 aromatic rings. The lowest BCUT2D eigenvalue weighted by Crippen LogP contribution is -2.50. The molecule has 0 aromatic heterocycles. The van der Waals surface area contributed by atoms with Crippen molar-refractivity contribution in [1.29, 1.82) is 0 Å². The van der Waals surface area contributed by atoms with Crippen LogP contribution < -0.4 is 5.32 Å². The monoisotopic (exact) mass is 434 g/mol. The van der Waals surface area contributed by atoms with Crippen molar-refractivity contribution in [3.8, 4) is 0 Å². The van der Waals surface area contributed by atoms with E-state index >= 15 is 0 Å². The molecule has 2 aromatic carbocycles. The van der Waals surface area contributed by atoms with Gasteiger partial charge in [0.25, 0.3) is 0 Å². The zero-order valence-corrected chi connectivity index (χ0v) is 19.8. The minimum absolute atomic E-state index is 0.0282. The second-order valence-electron chi connectivity index (χ2n) is 9.38. The van der Waals surface area contributed by atoms with E-state index < -0.39 is 6.04 Å². The Labute approximate surface area is 193 Å². The zero-order valence-electron chi connectivity index (χ0n) is 19.8. The molecule has 0 heterocycles. The third kappa shape index (κ3) is 6.94.